The summed E-state index contributed by atoms with van der Waals surface area (Å²) in [6.45, 7) is 0. The minimum atomic E-state index is -0.284. The van der Waals surface area contributed by atoms with Crippen LogP contribution in [0, 0.1) is 0 Å². The number of thiocarbonyl (C=S) groups is 1. The van der Waals surface area contributed by atoms with Crippen LogP contribution in [0.3, 0.4) is 0 Å². The van der Waals surface area contributed by atoms with Crippen LogP contribution in [-0.4, -0.2) is 16.0 Å². The van der Waals surface area contributed by atoms with Gasteiger partial charge in [0.05, 0.1) is 10.2 Å². The summed E-state index contributed by atoms with van der Waals surface area (Å²) in [6.07, 6.45) is 3.20. The number of rotatable bonds is 4. The number of hydrogen-bond donors (Lipinski definition) is 2. The summed E-state index contributed by atoms with van der Waals surface area (Å²) in [5.41, 5.74) is 3.72. The Bertz CT molecular complexity index is 1170. The summed E-state index contributed by atoms with van der Waals surface area (Å²) < 4.78 is 1.15. The van der Waals surface area contributed by atoms with Crippen molar-refractivity contribution in [3.8, 4) is 10.6 Å². The number of amides is 1. The van der Waals surface area contributed by atoms with Gasteiger partial charge in [-0.15, -0.1) is 11.3 Å². The number of nitrogens with zero attached hydrogens (tertiary/aromatic N) is 1. The van der Waals surface area contributed by atoms with E-state index in [4.69, 9.17) is 12.2 Å². The molecule has 0 saturated heterocycles. The standard InChI is InChI=1S/C23H17N3OS2/c27-21(14-13-16-7-2-1-3-8-16)26-23(28)24-18-10-6-9-17(15-18)22-25-19-11-4-5-12-20(19)29-22/h1-15H,(H2,24,26,27,28)/b14-13-. The predicted molar refractivity (Wildman–Crippen MR) is 125 cm³/mol. The summed E-state index contributed by atoms with van der Waals surface area (Å²) in [4.78, 5) is 16.8. The van der Waals surface area contributed by atoms with Gasteiger partial charge in [0.15, 0.2) is 5.11 Å². The molecule has 142 valence electrons. The number of aromatic nitrogens is 1. The third-order valence-electron chi connectivity index (χ3n) is 4.12. The number of carbonyl (C=O) groups excluding carboxylic acids is 1. The Balaban J connectivity index is 1.41. The Morgan fingerprint density at radius 2 is 1.76 bits per heavy atom. The van der Waals surface area contributed by atoms with E-state index in [1.807, 2.05) is 72.8 Å². The first kappa shape index (κ1) is 19.0. The fourth-order valence-corrected chi connectivity index (χ4v) is 3.96. The topological polar surface area (TPSA) is 54.0 Å². The Hall–Kier alpha value is -3.35. The van der Waals surface area contributed by atoms with Gasteiger partial charge in [0.2, 0.25) is 5.91 Å². The lowest BCUT2D eigenvalue weighted by Crippen LogP contribution is -2.32. The molecule has 0 bridgehead atoms. The fraction of sp³-hybridized carbons (Fsp3) is 0. The molecule has 3 aromatic carbocycles. The monoisotopic (exact) mass is 415 g/mol. The van der Waals surface area contributed by atoms with Gasteiger partial charge in [-0.2, -0.15) is 0 Å². The van der Waals surface area contributed by atoms with Gasteiger partial charge in [-0.25, -0.2) is 4.98 Å². The zero-order valence-electron chi connectivity index (χ0n) is 15.3. The first-order valence-corrected chi connectivity index (χ1v) is 10.2. The molecule has 0 fully saturated rings. The smallest absolute Gasteiger partial charge is 0.250 e. The lowest BCUT2D eigenvalue weighted by Gasteiger charge is -2.09. The van der Waals surface area contributed by atoms with Gasteiger partial charge < -0.3 is 5.32 Å². The van der Waals surface area contributed by atoms with E-state index in [1.165, 1.54) is 6.08 Å². The van der Waals surface area contributed by atoms with E-state index in [0.717, 1.165) is 32.0 Å². The SMILES string of the molecule is O=C(/C=C\c1ccccc1)NC(=S)Nc1cccc(-c2nc3ccccc3s2)c1. The second-order valence-corrected chi connectivity index (χ2v) is 7.69. The third kappa shape index (κ3) is 4.93. The van der Waals surface area contributed by atoms with Gasteiger partial charge >= 0.3 is 0 Å². The van der Waals surface area contributed by atoms with Crippen molar-refractivity contribution in [2.75, 3.05) is 5.32 Å². The highest BCUT2D eigenvalue weighted by atomic mass is 32.1. The van der Waals surface area contributed by atoms with E-state index in [2.05, 4.69) is 21.7 Å². The molecule has 1 amide bonds. The average molecular weight is 416 g/mol. The summed E-state index contributed by atoms with van der Waals surface area (Å²) in [7, 11) is 0. The second-order valence-electron chi connectivity index (χ2n) is 6.25. The minimum Gasteiger partial charge on any atom is -0.332 e. The molecule has 0 aliphatic heterocycles. The van der Waals surface area contributed by atoms with Crippen LogP contribution in [0.2, 0.25) is 0 Å². The van der Waals surface area contributed by atoms with Crippen LogP contribution >= 0.6 is 23.6 Å². The number of anilines is 1. The number of benzene rings is 3. The summed E-state index contributed by atoms with van der Waals surface area (Å²) >= 11 is 6.91. The highest BCUT2D eigenvalue weighted by Crippen LogP contribution is 2.31. The van der Waals surface area contributed by atoms with Crippen molar-refractivity contribution in [1.29, 1.82) is 0 Å². The number of nitrogens with one attached hydrogen (secondary N) is 2. The summed E-state index contributed by atoms with van der Waals surface area (Å²) in [6, 6.07) is 25.5. The maximum Gasteiger partial charge on any atom is 0.250 e. The van der Waals surface area contributed by atoms with Gasteiger partial charge in [0.1, 0.15) is 5.01 Å². The number of fused-ring (bicyclic) bond motifs is 1. The normalized spacial score (nSPS) is 10.9. The van der Waals surface area contributed by atoms with E-state index < -0.39 is 0 Å². The molecule has 4 rings (SSSR count). The maximum atomic E-state index is 12.1. The van der Waals surface area contributed by atoms with Crippen LogP contribution in [-0.2, 0) is 4.79 Å². The highest BCUT2D eigenvalue weighted by Gasteiger charge is 2.07. The molecule has 0 spiro atoms. The first-order valence-electron chi connectivity index (χ1n) is 8.98. The van der Waals surface area contributed by atoms with Crippen molar-refractivity contribution in [2.45, 2.75) is 0 Å². The lowest BCUT2D eigenvalue weighted by molar-refractivity contribution is -0.115. The van der Waals surface area contributed by atoms with Gasteiger partial charge in [0, 0.05) is 17.3 Å². The number of carbonyl (C=O) groups is 1. The van der Waals surface area contributed by atoms with E-state index in [-0.39, 0.29) is 11.0 Å². The molecule has 1 heterocycles. The fourth-order valence-electron chi connectivity index (χ4n) is 2.78. The predicted octanol–water partition coefficient (Wildman–Crippen LogP) is 5.49. The van der Waals surface area contributed by atoms with Gasteiger partial charge in [-0.05, 0) is 48.1 Å². The third-order valence-corrected chi connectivity index (χ3v) is 5.41. The Labute approximate surface area is 177 Å². The summed E-state index contributed by atoms with van der Waals surface area (Å²) in [5.74, 6) is -0.284. The van der Waals surface area contributed by atoms with E-state index in [9.17, 15) is 4.79 Å². The number of thiazole rings is 1. The van der Waals surface area contributed by atoms with Gasteiger partial charge in [-0.1, -0.05) is 54.6 Å². The highest BCUT2D eigenvalue weighted by molar-refractivity contribution is 7.80. The zero-order valence-corrected chi connectivity index (χ0v) is 17.0. The molecule has 2 N–H and O–H groups in total. The Morgan fingerprint density at radius 1 is 0.966 bits per heavy atom. The van der Waals surface area contributed by atoms with Crippen LogP contribution < -0.4 is 10.6 Å². The van der Waals surface area contributed by atoms with E-state index in [1.54, 1.807) is 17.4 Å². The minimum absolute atomic E-state index is 0.245. The first-order chi connectivity index (χ1) is 14.2. The molecule has 4 nitrogen and oxygen atoms in total. The molecule has 0 atom stereocenters. The molecule has 0 saturated carbocycles. The van der Waals surface area contributed by atoms with Crippen molar-refractivity contribution < 1.29 is 4.79 Å². The van der Waals surface area contributed by atoms with Crippen LogP contribution in [0.4, 0.5) is 5.69 Å². The quantitative estimate of drug-likeness (QED) is 0.342. The maximum absolute atomic E-state index is 12.1. The van der Waals surface area contributed by atoms with Crippen LogP contribution in [0.15, 0.2) is 84.9 Å². The van der Waals surface area contributed by atoms with Crippen molar-refractivity contribution in [3.05, 3.63) is 90.5 Å². The molecule has 1 aromatic heterocycles. The van der Waals surface area contributed by atoms with Crippen LogP contribution in [0.1, 0.15) is 5.56 Å². The van der Waals surface area contributed by atoms with Gasteiger partial charge in [0.25, 0.3) is 0 Å². The molecular formula is C23H17N3OS2. The van der Waals surface area contributed by atoms with Crippen LogP contribution in [0.25, 0.3) is 26.9 Å². The molecule has 0 aliphatic rings. The molecule has 6 heteroatoms. The lowest BCUT2D eigenvalue weighted by atomic mass is 10.2. The van der Waals surface area contributed by atoms with Crippen molar-refractivity contribution in [3.63, 3.8) is 0 Å². The number of hydrogen-bond acceptors (Lipinski definition) is 4. The molecule has 29 heavy (non-hydrogen) atoms. The van der Waals surface area contributed by atoms with Crippen molar-refractivity contribution in [2.24, 2.45) is 0 Å². The summed E-state index contributed by atoms with van der Waals surface area (Å²) in [5, 5.41) is 6.90. The van der Waals surface area contributed by atoms with E-state index in [0.29, 0.717) is 0 Å². The zero-order chi connectivity index (χ0) is 20.1. The largest absolute Gasteiger partial charge is 0.332 e. The molecule has 0 unspecified atom stereocenters. The van der Waals surface area contributed by atoms with E-state index >= 15 is 0 Å². The molecule has 0 aliphatic carbocycles. The molecule has 4 aromatic rings. The van der Waals surface area contributed by atoms with Crippen LogP contribution in [0.5, 0.6) is 0 Å². The average Bonchev–Trinajstić information content (AvgIpc) is 3.17. The van der Waals surface area contributed by atoms with Crippen molar-refractivity contribution in [1.82, 2.24) is 10.3 Å². The second kappa shape index (κ2) is 8.77. The van der Waals surface area contributed by atoms with Gasteiger partial charge in [-0.3, -0.25) is 10.1 Å². The molecule has 0 radical (unpaired) electrons. The molecular weight excluding hydrogens is 398 g/mol. The van der Waals surface area contributed by atoms with Crippen molar-refractivity contribution >= 4 is 56.6 Å². The Morgan fingerprint density at radius 3 is 2.59 bits per heavy atom. The number of para-hydroxylation sites is 1. The Kier molecular flexibility index (Phi) is 5.74.